The number of pyridine rings is 1. The van der Waals surface area contributed by atoms with Crippen LogP contribution >= 0.6 is 11.3 Å². The summed E-state index contributed by atoms with van der Waals surface area (Å²) in [6.45, 7) is 4.48. The molecule has 1 atom stereocenters. The molecule has 3 aliphatic rings. The number of hydrogen-bond acceptors (Lipinski definition) is 14. The molecule has 18 heteroatoms. The predicted molar refractivity (Wildman–Crippen MR) is 219 cm³/mol. The quantitative estimate of drug-likeness (QED) is 0.0650. The SMILES string of the molecule is O=C1CCC(N2Cc3c(NC(=O)COCCNCCOCCOCCOCCNC(=O)C4(Cc5cccc(Nc6nccs6)n5)CCCCC4)cccc3C2=O)C(=O)N1. The molecule has 5 amide bonds. The molecule has 5 N–H and O–H groups in total. The first-order valence-electron chi connectivity index (χ1n) is 20.3. The number of nitrogens with zero attached hydrogens (tertiary/aromatic N) is 3. The molecule has 17 nitrogen and oxygen atoms in total. The van der Waals surface area contributed by atoms with Gasteiger partial charge < -0.3 is 45.1 Å². The third-order valence-electron chi connectivity index (χ3n) is 10.5. The van der Waals surface area contributed by atoms with Crippen molar-refractivity contribution in [2.75, 3.05) is 83.1 Å². The van der Waals surface area contributed by atoms with Gasteiger partial charge in [-0.3, -0.25) is 29.3 Å². The number of amides is 5. The second-order valence-electron chi connectivity index (χ2n) is 14.7. The van der Waals surface area contributed by atoms with Gasteiger partial charge in [-0.05, 0) is 43.5 Å². The molecular weight excluding hydrogens is 781 g/mol. The lowest BCUT2D eigenvalue weighted by molar-refractivity contribution is -0.137. The standard InChI is InChI=1S/C41H54N8O9S/c50-35-11-10-33(37(52)48-35)49-27-31-30(38(49)53)7-5-8-32(31)46-36(51)28-58-19-15-42-14-18-55-21-23-57-24-22-56-20-16-43-39(54)41(12-2-1-3-13-41)26-29-6-4-9-34(45-29)47-40-44-17-25-59-40/h4-9,17,25,33,42H,1-3,10-16,18-24,26-28H2,(H,43,54)(H,46,51)(H,44,45,47)(H,48,50,52). The van der Waals surface area contributed by atoms with E-state index in [9.17, 15) is 24.0 Å². The number of aromatic nitrogens is 2. The molecule has 3 aromatic rings. The Morgan fingerprint density at radius 2 is 1.61 bits per heavy atom. The lowest BCUT2D eigenvalue weighted by atomic mass is 9.70. The van der Waals surface area contributed by atoms with Gasteiger partial charge in [0.25, 0.3) is 5.91 Å². The van der Waals surface area contributed by atoms with E-state index in [-0.39, 0.29) is 49.6 Å². The summed E-state index contributed by atoms with van der Waals surface area (Å²) in [6.07, 6.45) is 7.65. The fraction of sp³-hybridized carbons (Fsp3) is 0.537. The lowest BCUT2D eigenvalue weighted by Crippen LogP contribution is -2.52. The summed E-state index contributed by atoms with van der Waals surface area (Å²) >= 11 is 1.51. The number of benzene rings is 1. The number of nitrogens with one attached hydrogen (secondary N) is 5. The zero-order valence-corrected chi connectivity index (χ0v) is 34.1. The van der Waals surface area contributed by atoms with Gasteiger partial charge in [-0.1, -0.05) is 31.4 Å². The highest BCUT2D eigenvalue weighted by Crippen LogP contribution is 2.39. The van der Waals surface area contributed by atoms with Crippen LogP contribution in [0.2, 0.25) is 0 Å². The van der Waals surface area contributed by atoms with Crippen LogP contribution in [0.15, 0.2) is 48.0 Å². The van der Waals surface area contributed by atoms with Gasteiger partial charge in [0.2, 0.25) is 23.6 Å². The Morgan fingerprint density at radius 3 is 2.36 bits per heavy atom. The number of carbonyl (C=O) groups is 5. The summed E-state index contributed by atoms with van der Waals surface area (Å²) in [5.41, 5.74) is 1.96. The van der Waals surface area contributed by atoms with Crippen molar-refractivity contribution in [3.63, 3.8) is 0 Å². The van der Waals surface area contributed by atoms with Crippen LogP contribution in [0.5, 0.6) is 0 Å². The maximum atomic E-state index is 13.5. The second kappa shape index (κ2) is 22.5. The summed E-state index contributed by atoms with van der Waals surface area (Å²) in [7, 11) is 0. The highest BCUT2D eigenvalue weighted by atomic mass is 32.1. The molecule has 0 radical (unpaired) electrons. The normalized spacial score (nSPS) is 17.4. The van der Waals surface area contributed by atoms with Gasteiger partial charge in [-0.25, -0.2) is 9.97 Å². The van der Waals surface area contributed by atoms with Crippen molar-refractivity contribution in [3.8, 4) is 0 Å². The van der Waals surface area contributed by atoms with E-state index in [0.717, 1.165) is 48.7 Å². The van der Waals surface area contributed by atoms with Crippen LogP contribution in [0, 0.1) is 5.41 Å². The number of piperidine rings is 1. The molecular formula is C41H54N8O9S. The number of hydrogen-bond donors (Lipinski definition) is 5. The Morgan fingerprint density at radius 1 is 0.881 bits per heavy atom. The first-order chi connectivity index (χ1) is 28.8. The predicted octanol–water partition coefficient (Wildman–Crippen LogP) is 2.95. The highest BCUT2D eigenvalue weighted by molar-refractivity contribution is 7.13. The summed E-state index contributed by atoms with van der Waals surface area (Å²) in [4.78, 5) is 73.4. The van der Waals surface area contributed by atoms with Gasteiger partial charge in [-0.2, -0.15) is 0 Å². The molecule has 1 unspecified atom stereocenters. The minimum Gasteiger partial charge on any atom is -0.378 e. The largest absolute Gasteiger partial charge is 0.378 e. The van der Waals surface area contributed by atoms with Crippen molar-refractivity contribution in [1.82, 2.24) is 30.8 Å². The molecule has 59 heavy (non-hydrogen) atoms. The van der Waals surface area contributed by atoms with Crippen LogP contribution in [0.3, 0.4) is 0 Å². The van der Waals surface area contributed by atoms with E-state index in [1.165, 1.54) is 16.2 Å². The van der Waals surface area contributed by atoms with Gasteiger partial charge in [0.05, 0.1) is 51.7 Å². The van der Waals surface area contributed by atoms with Crippen LogP contribution in [0.1, 0.15) is 66.6 Å². The summed E-state index contributed by atoms with van der Waals surface area (Å²) in [6, 6.07) is 10.2. The van der Waals surface area contributed by atoms with E-state index in [2.05, 4.69) is 31.6 Å². The molecule has 0 spiro atoms. The van der Waals surface area contributed by atoms with Crippen molar-refractivity contribution in [1.29, 1.82) is 0 Å². The molecule has 1 aliphatic carbocycles. The first kappa shape index (κ1) is 43.7. The minimum absolute atomic E-state index is 0.0644. The van der Waals surface area contributed by atoms with Crippen LogP contribution in [-0.4, -0.2) is 123 Å². The smallest absolute Gasteiger partial charge is 0.255 e. The molecule has 318 valence electrons. The van der Waals surface area contributed by atoms with Gasteiger partial charge in [0, 0.05) is 73.1 Å². The number of ether oxygens (including phenoxy) is 4. The average molecular weight is 835 g/mol. The third-order valence-corrected chi connectivity index (χ3v) is 11.2. The number of carbonyl (C=O) groups excluding carboxylic acids is 5. The van der Waals surface area contributed by atoms with Crippen molar-refractivity contribution in [2.24, 2.45) is 5.41 Å². The Kier molecular flexibility index (Phi) is 16.7. The fourth-order valence-corrected chi connectivity index (χ4v) is 8.07. The number of thiazole rings is 1. The number of rotatable bonds is 24. The maximum absolute atomic E-state index is 13.5. The van der Waals surface area contributed by atoms with Gasteiger partial charge in [0.15, 0.2) is 5.13 Å². The summed E-state index contributed by atoms with van der Waals surface area (Å²) in [5.74, 6) is -0.704. The van der Waals surface area contributed by atoms with Crippen molar-refractivity contribution < 1.29 is 42.9 Å². The molecule has 2 aromatic heterocycles. The lowest BCUT2D eigenvalue weighted by Gasteiger charge is -2.35. The third kappa shape index (κ3) is 12.8. The Hall–Kier alpha value is -4.85. The molecule has 2 fully saturated rings. The topological polar surface area (TPSA) is 211 Å². The first-order valence-corrected chi connectivity index (χ1v) is 21.2. The van der Waals surface area contributed by atoms with E-state index >= 15 is 0 Å². The van der Waals surface area contributed by atoms with Crippen LogP contribution in [0.4, 0.5) is 16.6 Å². The molecule has 2 aliphatic heterocycles. The molecule has 6 rings (SSSR count). The summed E-state index contributed by atoms with van der Waals surface area (Å²) < 4.78 is 22.4. The zero-order valence-electron chi connectivity index (χ0n) is 33.3. The monoisotopic (exact) mass is 834 g/mol. The molecule has 1 saturated carbocycles. The second-order valence-corrected chi connectivity index (χ2v) is 15.6. The Labute approximate surface area is 347 Å². The minimum atomic E-state index is -0.728. The Balaban J connectivity index is 0.748. The molecule has 1 saturated heterocycles. The van der Waals surface area contributed by atoms with E-state index in [4.69, 9.17) is 23.9 Å². The number of fused-ring (bicyclic) bond motifs is 1. The highest BCUT2D eigenvalue weighted by Gasteiger charge is 2.41. The Bertz CT molecular complexity index is 1870. The van der Waals surface area contributed by atoms with Crippen LogP contribution in [-0.2, 0) is 51.1 Å². The van der Waals surface area contributed by atoms with Crippen molar-refractivity contribution >= 4 is 57.5 Å². The van der Waals surface area contributed by atoms with Crippen LogP contribution in [0.25, 0.3) is 0 Å². The zero-order chi connectivity index (χ0) is 41.3. The number of anilines is 3. The fourth-order valence-electron chi connectivity index (χ4n) is 7.54. The van der Waals surface area contributed by atoms with Gasteiger partial charge in [-0.15, -0.1) is 11.3 Å². The van der Waals surface area contributed by atoms with E-state index in [0.29, 0.717) is 89.1 Å². The van der Waals surface area contributed by atoms with Crippen molar-refractivity contribution in [2.45, 2.75) is 64.0 Å². The average Bonchev–Trinajstić information content (AvgIpc) is 3.87. The number of imide groups is 1. The van der Waals surface area contributed by atoms with E-state index in [1.807, 2.05) is 23.6 Å². The van der Waals surface area contributed by atoms with Crippen molar-refractivity contribution in [3.05, 3.63) is 64.8 Å². The van der Waals surface area contributed by atoms with Gasteiger partial charge >= 0.3 is 0 Å². The molecule has 4 heterocycles. The van der Waals surface area contributed by atoms with Gasteiger partial charge in [0.1, 0.15) is 18.5 Å². The molecule has 1 aromatic carbocycles. The van der Waals surface area contributed by atoms with Crippen LogP contribution < -0.4 is 26.6 Å². The van der Waals surface area contributed by atoms with E-state index < -0.39 is 17.4 Å². The van der Waals surface area contributed by atoms with E-state index in [1.54, 1.807) is 24.4 Å². The molecule has 0 bridgehead atoms. The maximum Gasteiger partial charge on any atom is 0.255 e. The summed E-state index contributed by atoms with van der Waals surface area (Å²) in [5, 5.41) is 17.3.